The van der Waals surface area contributed by atoms with Crippen LogP contribution in [0.15, 0.2) is 24.5 Å². The van der Waals surface area contributed by atoms with Crippen LogP contribution in [0.5, 0.6) is 0 Å². The number of aryl methyl sites for hydroxylation is 1. The fourth-order valence-corrected chi connectivity index (χ4v) is 3.09. The molecule has 1 aromatic rings. The van der Waals surface area contributed by atoms with Crippen LogP contribution in [0.4, 0.5) is 4.79 Å². The highest BCUT2D eigenvalue weighted by Crippen LogP contribution is 2.24. The lowest BCUT2D eigenvalue weighted by molar-refractivity contribution is 0.0614. The van der Waals surface area contributed by atoms with Crippen molar-refractivity contribution in [2.24, 2.45) is 11.3 Å². The minimum atomic E-state index is -0.138. The lowest BCUT2D eigenvalue weighted by atomic mass is 9.91. The van der Waals surface area contributed by atoms with E-state index in [4.69, 9.17) is 4.74 Å². The second-order valence-corrected chi connectivity index (χ2v) is 8.15. The van der Waals surface area contributed by atoms with Gasteiger partial charge >= 0.3 is 6.09 Å². The SMILES string of the molecule is CC(C)(C)COC(=O)N1CCC(CCCCc2ccncc2)CC1. The fourth-order valence-electron chi connectivity index (χ4n) is 3.09. The van der Waals surface area contributed by atoms with E-state index in [0.29, 0.717) is 6.61 Å². The van der Waals surface area contributed by atoms with E-state index in [2.05, 4.69) is 37.9 Å². The Hall–Kier alpha value is -1.58. The Bertz CT molecular complexity index is 488. The van der Waals surface area contributed by atoms with Crippen molar-refractivity contribution in [3.05, 3.63) is 30.1 Å². The summed E-state index contributed by atoms with van der Waals surface area (Å²) in [6.07, 6.45) is 10.7. The third kappa shape index (κ3) is 6.90. The van der Waals surface area contributed by atoms with Gasteiger partial charge in [-0.2, -0.15) is 0 Å². The second kappa shape index (κ2) is 9.05. The number of carbonyl (C=O) groups is 1. The Morgan fingerprint density at radius 1 is 1.21 bits per heavy atom. The first-order chi connectivity index (χ1) is 11.4. The average Bonchev–Trinajstić information content (AvgIpc) is 2.57. The topological polar surface area (TPSA) is 42.4 Å². The number of hydrogen-bond donors (Lipinski definition) is 0. The number of aromatic nitrogens is 1. The largest absolute Gasteiger partial charge is 0.449 e. The van der Waals surface area contributed by atoms with Crippen LogP contribution in [0.2, 0.25) is 0 Å². The molecule has 2 heterocycles. The molecule has 1 aliphatic rings. The molecular formula is C20H32N2O2. The van der Waals surface area contributed by atoms with E-state index in [-0.39, 0.29) is 11.5 Å². The first kappa shape index (κ1) is 18.8. The number of rotatable bonds is 6. The van der Waals surface area contributed by atoms with Gasteiger partial charge in [-0.3, -0.25) is 4.98 Å². The molecule has 1 aliphatic heterocycles. The van der Waals surface area contributed by atoms with Crippen LogP contribution in [-0.4, -0.2) is 35.7 Å². The number of amides is 1. The van der Waals surface area contributed by atoms with E-state index >= 15 is 0 Å². The molecule has 24 heavy (non-hydrogen) atoms. The maximum Gasteiger partial charge on any atom is 0.409 e. The highest BCUT2D eigenvalue weighted by molar-refractivity contribution is 5.67. The molecular weight excluding hydrogens is 300 g/mol. The minimum absolute atomic E-state index is 0.0306. The molecule has 0 N–H and O–H groups in total. The van der Waals surface area contributed by atoms with Crippen molar-refractivity contribution in [2.75, 3.05) is 19.7 Å². The van der Waals surface area contributed by atoms with Crippen LogP contribution in [0.3, 0.4) is 0 Å². The zero-order valence-electron chi connectivity index (χ0n) is 15.5. The monoisotopic (exact) mass is 332 g/mol. The van der Waals surface area contributed by atoms with Gasteiger partial charge in [-0.05, 0) is 54.7 Å². The van der Waals surface area contributed by atoms with E-state index in [1.807, 2.05) is 17.3 Å². The molecule has 0 spiro atoms. The van der Waals surface area contributed by atoms with Crippen molar-refractivity contribution >= 4 is 6.09 Å². The highest BCUT2D eigenvalue weighted by Gasteiger charge is 2.24. The number of unbranched alkanes of at least 4 members (excludes halogenated alkanes) is 1. The Labute approximate surface area is 146 Å². The van der Waals surface area contributed by atoms with Gasteiger partial charge in [0, 0.05) is 25.5 Å². The summed E-state index contributed by atoms with van der Waals surface area (Å²) < 4.78 is 5.41. The summed E-state index contributed by atoms with van der Waals surface area (Å²) in [6, 6.07) is 4.20. The maximum atomic E-state index is 12.1. The molecule has 4 nitrogen and oxygen atoms in total. The van der Waals surface area contributed by atoms with E-state index in [0.717, 1.165) is 38.3 Å². The molecule has 0 unspecified atom stereocenters. The zero-order chi connectivity index (χ0) is 17.4. The molecule has 0 aromatic carbocycles. The van der Waals surface area contributed by atoms with Crippen LogP contribution < -0.4 is 0 Å². The van der Waals surface area contributed by atoms with Gasteiger partial charge in [0.1, 0.15) is 0 Å². The minimum Gasteiger partial charge on any atom is -0.449 e. The summed E-state index contributed by atoms with van der Waals surface area (Å²) in [5, 5.41) is 0. The predicted molar refractivity (Wildman–Crippen MR) is 96.9 cm³/mol. The molecule has 1 saturated heterocycles. The number of hydrogen-bond acceptors (Lipinski definition) is 3. The lowest BCUT2D eigenvalue weighted by Gasteiger charge is -2.32. The summed E-state index contributed by atoms with van der Waals surface area (Å²) in [5.74, 6) is 0.758. The molecule has 4 heteroatoms. The van der Waals surface area contributed by atoms with E-state index in [1.54, 1.807) is 0 Å². The smallest absolute Gasteiger partial charge is 0.409 e. The van der Waals surface area contributed by atoms with Gasteiger partial charge < -0.3 is 9.64 Å². The molecule has 0 saturated carbocycles. The van der Waals surface area contributed by atoms with Gasteiger partial charge in [0.15, 0.2) is 0 Å². The van der Waals surface area contributed by atoms with Crippen molar-refractivity contribution in [1.82, 2.24) is 9.88 Å². The van der Waals surface area contributed by atoms with E-state index in [1.165, 1.54) is 24.8 Å². The lowest BCUT2D eigenvalue weighted by Crippen LogP contribution is -2.39. The Kier molecular flexibility index (Phi) is 7.07. The van der Waals surface area contributed by atoms with Gasteiger partial charge in [-0.1, -0.05) is 33.6 Å². The molecule has 0 bridgehead atoms. The third-order valence-corrected chi connectivity index (χ3v) is 4.58. The van der Waals surface area contributed by atoms with Crippen LogP contribution in [0, 0.1) is 11.3 Å². The van der Waals surface area contributed by atoms with Gasteiger partial charge in [0.25, 0.3) is 0 Å². The summed E-state index contributed by atoms with van der Waals surface area (Å²) in [5.41, 5.74) is 1.41. The number of pyridine rings is 1. The van der Waals surface area contributed by atoms with Crippen molar-refractivity contribution < 1.29 is 9.53 Å². The third-order valence-electron chi connectivity index (χ3n) is 4.58. The fraction of sp³-hybridized carbons (Fsp3) is 0.700. The second-order valence-electron chi connectivity index (χ2n) is 8.15. The number of nitrogens with zero attached hydrogens (tertiary/aromatic N) is 2. The molecule has 0 aliphatic carbocycles. The first-order valence-electron chi connectivity index (χ1n) is 9.25. The number of carbonyl (C=O) groups excluding carboxylic acids is 1. The molecule has 0 radical (unpaired) electrons. The van der Waals surface area contributed by atoms with Gasteiger partial charge in [0.2, 0.25) is 0 Å². The maximum absolute atomic E-state index is 12.1. The normalized spacial score (nSPS) is 16.2. The molecule has 0 atom stereocenters. The first-order valence-corrected chi connectivity index (χ1v) is 9.25. The summed E-state index contributed by atoms with van der Waals surface area (Å²) in [4.78, 5) is 18.0. The summed E-state index contributed by atoms with van der Waals surface area (Å²) in [6.45, 7) is 8.42. The van der Waals surface area contributed by atoms with Crippen LogP contribution >= 0.6 is 0 Å². The predicted octanol–water partition coefficient (Wildman–Crippen LogP) is 4.69. The number of likely N-dealkylation sites (tertiary alicyclic amines) is 1. The molecule has 2 rings (SSSR count). The van der Waals surface area contributed by atoms with Crippen LogP contribution in [0.1, 0.15) is 58.4 Å². The van der Waals surface area contributed by atoms with Crippen molar-refractivity contribution in [1.29, 1.82) is 0 Å². The quantitative estimate of drug-likeness (QED) is 0.710. The highest BCUT2D eigenvalue weighted by atomic mass is 16.6. The number of ether oxygens (including phenoxy) is 1. The summed E-state index contributed by atoms with van der Waals surface area (Å²) >= 11 is 0. The van der Waals surface area contributed by atoms with Gasteiger partial charge in [0.05, 0.1) is 6.61 Å². The molecule has 1 fully saturated rings. The van der Waals surface area contributed by atoms with Crippen molar-refractivity contribution in [3.8, 4) is 0 Å². The Balaban J connectivity index is 1.58. The van der Waals surface area contributed by atoms with Gasteiger partial charge in [-0.15, -0.1) is 0 Å². The van der Waals surface area contributed by atoms with Crippen LogP contribution in [0.25, 0.3) is 0 Å². The van der Waals surface area contributed by atoms with Gasteiger partial charge in [-0.25, -0.2) is 4.79 Å². The zero-order valence-corrected chi connectivity index (χ0v) is 15.5. The van der Waals surface area contributed by atoms with E-state index in [9.17, 15) is 4.79 Å². The number of piperidine rings is 1. The molecule has 1 amide bonds. The Morgan fingerprint density at radius 3 is 2.50 bits per heavy atom. The van der Waals surface area contributed by atoms with Crippen molar-refractivity contribution in [3.63, 3.8) is 0 Å². The van der Waals surface area contributed by atoms with Crippen molar-refractivity contribution in [2.45, 2.75) is 59.3 Å². The molecule has 1 aromatic heterocycles. The molecule has 134 valence electrons. The van der Waals surface area contributed by atoms with E-state index < -0.39 is 0 Å². The standard InChI is InChI=1S/C20H32N2O2/c1-20(2,3)16-24-19(23)22-14-10-18(11-15-22)7-5-4-6-17-8-12-21-13-9-17/h8-9,12-13,18H,4-7,10-11,14-16H2,1-3H3. The average molecular weight is 332 g/mol. The Morgan fingerprint density at radius 2 is 1.88 bits per heavy atom. The summed E-state index contributed by atoms with van der Waals surface area (Å²) in [7, 11) is 0. The van der Waals surface area contributed by atoms with Crippen LogP contribution in [-0.2, 0) is 11.2 Å².